The van der Waals surface area contributed by atoms with Crippen molar-refractivity contribution in [3.63, 3.8) is 0 Å². The molecule has 1 aromatic carbocycles. The molecule has 3 aromatic rings. The highest BCUT2D eigenvalue weighted by Gasteiger charge is 2.17. The third-order valence-corrected chi connectivity index (χ3v) is 5.56. The summed E-state index contributed by atoms with van der Waals surface area (Å²) in [6.45, 7) is 3.86. The normalized spacial score (nSPS) is 10.8. The van der Waals surface area contributed by atoms with E-state index in [0.29, 0.717) is 27.7 Å². The second-order valence-electron chi connectivity index (χ2n) is 5.85. The zero-order valence-corrected chi connectivity index (χ0v) is 18.4. The molecule has 0 aliphatic carbocycles. The topological polar surface area (TPSA) is 135 Å². The van der Waals surface area contributed by atoms with Gasteiger partial charge in [0, 0.05) is 0 Å². The molecule has 0 radical (unpaired) electrons. The number of carbonyl (C=O) groups is 1. The van der Waals surface area contributed by atoms with Crippen LogP contribution in [0, 0.1) is 6.92 Å². The lowest BCUT2D eigenvalue weighted by atomic mass is 10.3. The summed E-state index contributed by atoms with van der Waals surface area (Å²) in [5.41, 5.74) is 2.81. The third-order valence-electron chi connectivity index (χ3n) is 3.81. The molecule has 160 valence electrons. The van der Waals surface area contributed by atoms with Gasteiger partial charge in [-0.25, -0.2) is 9.35 Å². The average Bonchev–Trinajstić information content (AvgIpc) is 3.28. The zero-order valence-electron chi connectivity index (χ0n) is 16.7. The van der Waals surface area contributed by atoms with Crippen LogP contribution < -0.4 is 20.7 Å². The number of nitrogens with two attached hydrogens (primary N) is 1. The van der Waals surface area contributed by atoms with Crippen LogP contribution in [0.1, 0.15) is 18.6 Å². The summed E-state index contributed by atoms with van der Waals surface area (Å²) < 4.78 is 13.8. The Bertz CT molecular complexity index is 990. The van der Waals surface area contributed by atoms with E-state index in [4.69, 9.17) is 15.3 Å². The van der Waals surface area contributed by atoms with Gasteiger partial charge in [-0.3, -0.25) is 10.2 Å². The first-order valence-electron chi connectivity index (χ1n) is 8.95. The van der Waals surface area contributed by atoms with E-state index in [9.17, 15) is 4.79 Å². The number of benzene rings is 1. The van der Waals surface area contributed by atoms with Crippen LogP contribution in [-0.2, 0) is 11.4 Å². The van der Waals surface area contributed by atoms with Crippen molar-refractivity contribution in [2.45, 2.75) is 30.8 Å². The molecule has 2 aromatic heterocycles. The lowest BCUT2D eigenvalue weighted by molar-refractivity contribution is -0.114. The van der Waals surface area contributed by atoms with Crippen LogP contribution in [0.3, 0.4) is 0 Å². The summed E-state index contributed by atoms with van der Waals surface area (Å²) in [6.07, 6.45) is 0. The molecule has 1 amide bonds. The number of nitrogens with zero attached hydrogens (tertiary/aromatic N) is 6. The number of ether oxygens (including phenoxy) is 2. The molecular formula is C17H22N8O3S2. The minimum Gasteiger partial charge on any atom is -0.497 e. The number of methoxy groups -OCH3 is 1. The van der Waals surface area contributed by atoms with Crippen LogP contribution in [0.15, 0.2) is 34.6 Å². The summed E-state index contributed by atoms with van der Waals surface area (Å²) in [6, 6.07) is 7.19. The van der Waals surface area contributed by atoms with E-state index >= 15 is 0 Å². The summed E-state index contributed by atoms with van der Waals surface area (Å²) in [7, 11) is 1.60. The highest BCUT2D eigenvalue weighted by atomic mass is 32.2. The van der Waals surface area contributed by atoms with Crippen molar-refractivity contribution in [2.75, 3.05) is 29.9 Å². The number of aryl methyl sites for hydroxylation is 1. The van der Waals surface area contributed by atoms with Crippen molar-refractivity contribution in [3.8, 4) is 11.5 Å². The maximum atomic E-state index is 12.5. The van der Waals surface area contributed by atoms with Crippen LogP contribution in [0.25, 0.3) is 0 Å². The summed E-state index contributed by atoms with van der Waals surface area (Å²) in [5, 5.41) is 17.1. The molecule has 30 heavy (non-hydrogen) atoms. The smallest absolute Gasteiger partial charge is 0.249 e. The summed E-state index contributed by atoms with van der Waals surface area (Å²) in [5.74, 6) is 8.85. The van der Waals surface area contributed by atoms with Crippen molar-refractivity contribution in [3.05, 3.63) is 35.9 Å². The van der Waals surface area contributed by atoms with E-state index in [1.165, 1.54) is 28.2 Å². The molecule has 3 rings (SSSR count). The number of hydrogen-bond acceptors (Lipinski definition) is 10. The number of aromatic nitrogens is 6. The van der Waals surface area contributed by atoms with Gasteiger partial charge < -0.3 is 15.3 Å². The Morgan fingerprint density at radius 3 is 2.43 bits per heavy atom. The quantitative estimate of drug-likeness (QED) is 0.345. The maximum Gasteiger partial charge on any atom is 0.249 e. The van der Waals surface area contributed by atoms with Crippen LogP contribution in [-0.4, -0.2) is 54.3 Å². The SMILES string of the molecule is CCSc1nnc(COc2ccc(OC)cc2)n1NC(=O)CSc1nnc(C)n1N. The number of nitrogens with one attached hydrogen (secondary N) is 1. The molecule has 0 unspecified atom stereocenters. The van der Waals surface area contributed by atoms with Gasteiger partial charge >= 0.3 is 0 Å². The monoisotopic (exact) mass is 450 g/mol. The number of carbonyl (C=O) groups excluding carboxylic acids is 1. The van der Waals surface area contributed by atoms with E-state index in [0.717, 1.165) is 11.5 Å². The predicted molar refractivity (Wildman–Crippen MR) is 114 cm³/mol. The number of thioether (sulfide) groups is 2. The fourth-order valence-electron chi connectivity index (χ4n) is 2.28. The first kappa shape index (κ1) is 21.8. The Hall–Kier alpha value is -2.93. The number of nitrogen functional groups attached to an aromatic ring is 1. The molecule has 0 bridgehead atoms. The van der Waals surface area contributed by atoms with Gasteiger partial charge in [0.05, 0.1) is 12.9 Å². The largest absolute Gasteiger partial charge is 0.497 e. The van der Waals surface area contributed by atoms with E-state index in [1.54, 1.807) is 43.0 Å². The maximum absolute atomic E-state index is 12.5. The number of rotatable bonds is 10. The first-order valence-corrected chi connectivity index (χ1v) is 10.9. The molecule has 0 aliphatic heterocycles. The number of hydrogen-bond donors (Lipinski definition) is 2. The third kappa shape index (κ3) is 5.36. The van der Waals surface area contributed by atoms with Gasteiger partial charge in [0.2, 0.25) is 16.2 Å². The molecule has 0 spiro atoms. The van der Waals surface area contributed by atoms with Gasteiger partial charge in [0.1, 0.15) is 23.9 Å². The minimum absolute atomic E-state index is 0.0997. The standard InChI is InChI=1S/C17H22N8O3S2/c1-4-29-17-22-20-14(9-28-13-7-5-12(27-3)6-8-13)25(17)23-15(26)10-30-16-21-19-11(2)24(16)18/h5-8H,4,9-10,18H2,1-3H3,(H,23,26). The molecule has 0 aliphatic rings. The second kappa shape index (κ2) is 10.2. The molecule has 0 atom stereocenters. The zero-order chi connectivity index (χ0) is 21.5. The molecule has 2 heterocycles. The van der Waals surface area contributed by atoms with Crippen molar-refractivity contribution in [2.24, 2.45) is 0 Å². The van der Waals surface area contributed by atoms with Gasteiger partial charge in [-0.1, -0.05) is 30.4 Å². The highest BCUT2D eigenvalue weighted by Crippen LogP contribution is 2.20. The first-order chi connectivity index (χ1) is 14.5. The Morgan fingerprint density at radius 1 is 1.10 bits per heavy atom. The molecule has 0 saturated carbocycles. The molecular weight excluding hydrogens is 428 g/mol. The van der Waals surface area contributed by atoms with Gasteiger partial charge in [-0.15, -0.1) is 20.4 Å². The highest BCUT2D eigenvalue weighted by molar-refractivity contribution is 7.99. The summed E-state index contributed by atoms with van der Waals surface area (Å²) in [4.78, 5) is 12.5. The van der Waals surface area contributed by atoms with Crippen LogP contribution in [0.4, 0.5) is 0 Å². The fraction of sp³-hybridized carbons (Fsp3) is 0.353. The van der Waals surface area contributed by atoms with Crippen molar-refractivity contribution >= 4 is 29.4 Å². The average molecular weight is 451 g/mol. The predicted octanol–water partition coefficient (Wildman–Crippen LogP) is 1.45. The molecule has 0 fully saturated rings. The molecule has 11 nitrogen and oxygen atoms in total. The van der Waals surface area contributed by atoms with Gasteiger partial charge in [-0.05, 0) is 36.9 Å². The van der Waals surface area contributed by atoms with E-state index < -0.39 is 0 Å². The van der Waals surface area contributed by atoms with Crippen LogP contribution in [0.5, 0.6) is 11.5 Å². The fourth-order valence-corrected chi connectivity index (χ4v) is 3.62. The van der Waals surface area contributed by atoms with Crippen LogP contribution >= 0.6 is 23.5 Å². The molecule has 0 saturated heterocycles. The van der Waals surface area contributed by atoms with Gasteiger partial charge in [0.15, 0.2) is 5.82 Å². The van der Waals surface area contributed by atoms with Crippen molar-refractivity contribution in [1.82, 2.24) is 29.7 Å². The Kier molecular flexibility index (Phi) is 7.41. The van der Waals surface area contributed by atoms with E-state index in [2.05, 4.69) is 25.8 Å². The van der Waals surface area contributed by atoms with Gasteiger partial charge in [-0.2, -0.15) is 0 Å². The second-order valence-corrected chi connectivity index (χ2v) is 8.03. The van der Waals surface area contributed by atoms with Crippen LogP contribution in [0.2, 0.25) is 0 Å². The Morgan fingerprint density at radius 2 is 1.80 bits per heavy atom. The van der Waals surface area contributed by atoms with E-state index in [-0.39, 0.29) is 18.3 Å². The molecule has 3 N–H and O–H groups in total. The lowest BCUT2D eigenvalue weighted by Crippen LogP contribution is -2.27. The van der Waals surface area contributed by atoms with E-state index in [1.807, 2.05) is 6.92 Å². The Balaban J connectivity index is 1.65. The summed E-state index contributed by atoms with van der Waals surface area (Å²) >= 11 is 2.65. The van der Waals surface area contributed by atoms with Crippen molar-refractivity contribution < 1.29 is 14.3 Å². The van der Waals surface area contributed by atoms with Crippen molar-refractivity contribution in [1.29, 1.82) is 0 Å². The van der Waals surface area contributed by atoms with Gasteiger partial charge in [0.25, 0.3) is 0 Å². The lowest BCUT2D eigenvalue weighted by Gasteiger charge is -2.12. The minimum atomic E-state index is -0.260. The molecule has 13 heteroatoms. The Labute approximate surface area is 181 Å². The number of amides is 1.